The largest absolute Gasteiger partial charge is 0.416 e. The number of benzene rings is 1. The molecule has 0 unspecified atom stereocenters. The molecule has 1 fully saturated rings. The summed E-state index contributed by atoms with van der Waals surface area (Å²) in [4.78, 5) is 12.1. The van der Waals surface area contributed by atoms with Crippen LogP contribution >= 0.6 is 23.4 Å². The number of thioether (sulfide) groups is 1. The number of nitrogens with zero attached hydrogens (tertiary/aromatic N) is 2. The summed E-state index contributed by atoms with van der Waals surface area (Å²) < 4.78 is 28.4. The molecule has 1 aromatic carbocycles. The van der Waals surface area contributed by atoms with Gasteiger partial charge in [-0.15, -0.1) is 10.2 Å². The zero-order valence-corrected chi connectivity index (χ0v) is 15.0. The first-order chi connectivity index (χ1) is 11.4. The molecule has 1 saturated heterocycles. The number of sulfone groups is 1. The quantitative estimate of drug-likeness (QED) is 0.556. The molecule has 1 atom stereocenters. The van der Waals surface area contributed by atoms with Gasteiger partial charge in [0.25, 0.3) is 5.22 Å². The average Bonchev–Trinajstić information content (AvgIpc) is 3.12. The molecule has 3 rings (SSSR count). The van der Waals surface area contributed by atoms with Crippen molar-refractivity contribution in [2.24, 2.45) is 5.92 Å². The summed E-state index contributed by atoms with van der Waals surface area (Å²) in [6, 6.07) is 6.68. The molecule has 1 aliphatic rings. The molecule has 2 heterocycles. The van der Waals surface area contributed by atoms with Crippen LogP contribution in [0.4, 0.5) is 0 Å². The zero-order chi connectivity index (χ0) is 17.2. The topological polar surface area (TPSA) is 90.1 Å². The Hall–Kier alpha value is -1.38. The van der Waals surface area contributed by atoms with E-state index in [-0.39, 0.29) is 29.0 Å². The molecule has 128 valence electrons. The lowest BCUT2D eigenvalue weighted by Gasteiger charge is -2.02. The van der Waals surface area contributed by atoms with E-state index in [1.807, 2.05) is 0 Å². The molecule has 0 aliphatic carbocycles. The summed E-state index contributed by atoms with van der Waals surface area (Å²) in [5, 5.41) is 8.72. The normalized spacial score (nSPS) is 19.5. The van der Waals surface area contributed by atoms with E-state index >= 15 is 0 Å². The highest BCUT2D eigenvalue weighted by molar-refractivity contribution is 7.99. The lowest BCUT2D eigenvalue weighted by Crippen LogP contribution is -2.07. The third kappa shape index (κ3) is 4.58. The van der Waals surface area contributed by atoms with Gasteiger partial charge < -0.3 is 4.42 Å². The van der Waals surface area contributed by atoms with Crippen molar-refractivity contribution < 1.29 is 17.6 Å². The summed E-state index contributed by atoms with van der Waals surface area (Å²) in [6.07, 6.45) is 1.08. The fourth-order valence-electron chi connectivity index (χ4n) is 2.51. The minimum absolute atomic E-state index is 0.0315. The summed E-state index contributed by atoms with van der Waals surface area (Å²) in [6.45, 7) is 0. The predicted molar refractivity (Wildman–Crippen MR) is 91.3 cm³/mol. The van der Waals surface area contributed by atoms with Crippen LogP contribution in [0.25, 0.3) is 0 Å². The van der Waals surface area contributed by atoms with Crippen molar-refractivity contribution in [1.29, 1.82) is 0 Å². The van der Waals surface area contributed by atoms with Crippen LogP contribution in [0.15, 0.2) is 33.9 Å². The van der Waals surface area contributed by atoms with Gasteiger partial charge in [0.2, 0.25) is 5.89 Å². The average molecular weight is 387 g/mol. The fourth-order valence-corrected chi connectivity index (χ4v) is 5.17. The third-order valence-corrected chi connectivity index (χ3v) is 6.64. The third-order valence-electron chi connectivity index (χ3n) is 3.73. The van der Waals surface area contributed by atoms with Gasteiger partial charge >= 0.3 is 0 Å². The van der Waals surface area contributed by atoms with Crippen LogP contribution in [0.5, 0.6) is 0 Å². The lowest BCUT2D eigenvalue weighted by molar-refractivity contribution is 0.102. The molecule has 0 saturated carbocycles. The number of Topliss-reactive ketones (excluding diaryl/α,β-unsaturated/α-hetero) is 1. The van der Waals surface area contributed by atoms with Crippen molar-refractivity contribution in [2.75, 3.05) is 17.3 Å². The maximum Gasteiger partial charge on any atom is 0.277 e. The number of aromatic nitrogens is 2. The van der Waals surface area contributed by atoms with Crippen molar-refractivity contribution >= 4 is 39.0 Å². The molecule has 2 aromatic rings. The van der Waals surface area contributed by atoms with Gasteiger partial charge in [-0.25, -0.2) is 8.42 Å². The first-order valence-corrected chi connectivity index (χ1v) is 10.5. The van der Waals surface area contributed by atoms with Gasteiger partial charge in [0.1, 0.15) is 0 Å². The maximum atomic E-state index is 12.1. The van der Waals surface area contributed by atoms with E-state index in [1.165, 1.54) is 11.8 Å². The molecule has 9 heteroatoms. The number of ketones is 1. The molecule has 24 heavy (non-hydrogen) atoms. The first-order valence-electron chi connectivity index (χ1n) is 7.36. The van der Waals surface area contributed by atoms with Gasteiger partial charge in [0, 0.05) is 17.0 Å². The van der Waals surface area contributed by atoms with Gasteiger partial charge in [0.05, 0.1) is 17.3 Å². The van der Waals surface area contributed by atoms with Crippen molar-refractivity contribution in [3.8, 4) is 0 Å². The Kier molecular flexibility index (Phi) is 5.27. The van der Waals surface area contributed by atoms with E-state index in [0.29, 0.717) is 34.5 Å². The Labute approximate surface area is 148 Å². The number of carbonyl (C=O) groups excluding carboxylic acids is 1. The minimum atomic E-state index is -2.91. The molecule has 1 aromatic heterocycles. The molecule has 0 N–H and O–H groups in total. The molecule has 1 aliphatic heterocycles. The standard InChI is InChI=1S/C15H15ClN2O4S2/c16-12-3-1-11(2-4-12)13(19)8-23-15-18-17-14(22-15)7-10-5-6-24(20,21)9-10/h1-4,10H,5-9H2/t10-/m0/s1. The van der Waals surface area contributed by atoms with E-state index < -0.39 is 9.84 Å². The van der Waals surface area contributed by atoms with Crippen LogP contribution in [0.1, 0.15) is 22.7 Å². The Morgan fingerprint density at radius 2 is 2.04 bits per heavy atom. The highest BCUT2D eigenvalue weighted by Gasteiger charge is 2.29. The van der Waals surface area contributed by atoms with Gasteiger partial charge in [0.15, 0.2) is 15.6 Å². The van der Waals surface area contributed by atoms with Crippen LogP contribution in [0.2, 0.25) is 5.02 Å². The highest BCUT2D eigenvalue weighted by Crippen LogP contribution is 2.24. The highest BCUT2D eigenvalue weighted by atomic mass is 35.5. The van der Waals surface area contributed by atoms with Crippen LogP contribution in [-0.2, 0) is 16.3 Å². The summed E-state index contributed by atoms with van der Waals surface area (Å²) in [5.74, 6) is 0.970. The second-order valence-electron chi connectivity index (χ2n) is 5.65. The van der Waals surface area contributed by atoms with E-state index in [4.69, 9.17) is 16.0 Å². The van der Waals surface area contributed by atoms with Gasteiger partial charge in [-0.05, 0) is 36.6 Å². The van der Waals surface area contributed by atoms with E-state index in [9.17, 15) is 13.2 Å². The smallest absolute Gasteiger partial charge is 0.277 e. The molecular formula is C15H15ClN2O4S2. The van der Waals surface area contributed by atoms with Crippen LogP contribution in [0.3, 0.4) is 0 Å². The van der Waals surface area contributed by atoms with Crippen molar-refractivity contribution in [1.82, 2.24) is 10.2 Å². The molecule has 6 nitrogen and oxygen atoms in total. The Bertz CT molecular complexity index is 833. The molecule has 0 radical (unpaired) electrons. The van der Waals surface area contributed by atoms with Gasteiger partial charge in [-0.1, -0.05) is 23.4 Å². The second-order valence-corrected chi connectivity index (χ2v) is 9.25. The van der Waals surface area contributed by atoms with Crippen molar-refractivity contribution in [2.45, 2.75) is 18.1 Å². The maximum absolute atomic E-state index is 12.1. The number of rotatable bonds is 6. The first kappa shape index (κ1) is 17.4. The monoisotopic (exact) mass is 386 g/mol. The second kappa shape index (κ2) is 7.25. The van der Waals surface area contributed by atoms with Crippen molar-refractivity contribution in [3.05, 3.63) is 40.7 Å². The Morgan fingerprint density at radius 1 is 1.29 bits per heavy atom. The molecular weight excluding hydrogens is 372 g/mol. The molecule has 0 amide bonds. The molecule has 0 bridgehead atoms. The van der Waals surface area contributed by atoms with Gasteiger partial charge in [-0.3, -0.25) is 4.79 Å². The van der Waals surface area contributed by atoms with Gasteiger partial charge in [-0.2, -0.15) is 0 Å². The number of hydrogen-bond acceptors (Lipinski definition) is 7. The number of carbonyl (C=O) groups is 1. The van der Waals surface area contributed by atoms with E-state index in [2.05, 4.69) is 10.2 Å². The summed E-state index contributed by atoms with van der Waals surface area (Å²) in [5.41, 5.74) is 0.572. The predicted octanol–water partition coefficient (Wildman–Crippen LogP) is 2.68. The summed E-state index contributed by atoms with van der Waals surface area (Å²) >= 11 is 6.96. The van der Waals surface area contributed by atoms with Crippen LogP contribution in [0, 0.1) is 5.92 Å². The van der Waals surface area contributed by atoms with Crippen molar-refractivity contribution in [3.63, 3.8) is 0 Å². The SMILES string of the molecule is O=C(CSc1nnc(C[C@@H]2CCS(=O)(=O)C2)o1)c1ccc(Cl)cc1. The number of hydrogen-bond donors (Lipinski definition) is 0. The van der Waals surface area contributed by atoms with E-state index in [1.54, 1.807) is 24.3 Å². The van der Waals surface area contributed by atoms with Crippen LogP contribution < -0.4 is 0 Å². The minimum Gasteiger partial charge on any atom is -0.416 e. The molecule has 0 spiro atoms. The Balaban J connectivity index is 1.52. The Morgan fingerprint density at radius 3 is 2.71 bits per heavy atom. The fraction of sp³-hybridized carbons (Fsp3) is 0.400. The zero-order valence-electron chi connectivity index (χ0n) is 12.6. The van der Waals surface area contributed by atoms with Crippen LogP contribution in [-0.4, -0.2) is 41.7 Å². The van der Waals surface area contributed by atoms with E-state index in [0.717, 1.165) is 0 Å². The lowest BCUT2D eigenvalue weighted by atomic mass is 10.1. The summed E-state index contributed by atoms with van der Waals surface area (Å²) in [7, 11) is -2.91. The number of halogens is 1.